The summed E-state index contributed by atoms with van der Waals surface area (Å²) in [5.74, 6) is 0. The van der Waals surface area contributed by atoms with Gasteiger partial charge in [0.2, 0.25) is 0 Å². The molecule has 1 aliphatic carbocycles. The van der Waals surface area contributed by atoms with Crippen molar-refractivity contribution in [2.75, 3.05) is 0 Å². The van der Waals surface area contributed by atoms with Crippen LogP contribution in [0.3, 0.4) is 0 Å². The summed E-state index contributed by atoms with van der Waals surface area (Å²) in [5, 5.41) is 0. The highest BCUT2D eigenvalue weighted by atomic mass is 15.1. The molecular weight excluding hydrogens is 198 g/mol. The van der Waals surface area contributed by atoms with Gasteiger partial charge in [0.15, 0.2) is 0 Å². The maximum atomic E-state index is 6.33. The van der Waals surface area contributed by atoms with Crippen LogP contribution < -0.4 is 5.73 Å². The molecule has 0 radical (unpaired) electrons. The van der Waals surface area contributed by atoms with Gasteiger partial charge in [-0.05, 0) is 24.0 Å². The normalized spacial score (nSPS) is 24.1. The van der Waals surface area contributed by atoms with Crippen molar-refractivity contribution < 1.29 is 0 Å². The maximum absolute atomic E-state index is 6.33. The zero-order valence-electron chi connectivity index (χ0n) is 9.08. The Balaban J connectivity index is 1.98. The molecule has 2 atom stereocenters. The number of rotatable bonds is 1. The number of nitrogens with two attached hydrogens (primary N) is 1. The van der Waals surface area contributed by atoms with Crippen molar-refractivity contribution in [1.82, 2.24) is 9.55 Å². The van der Waals surface area contributed by atoms with Gasteiger partial charge in [-0.25, -0.2) is 4.98 Å². The number of aromatic nitrogens is 2. The van der Waals surface area contributed by atoms with Gasteiger partial charge in [0.1, 0.15) is 0 Å². The molecule has 0 unspecified atom stereocenters. The van der Waals surface area contributed by atoms with Crippen LogP contribution in [0.25, 0.3) is 0 Å². The van der Waals surface area contributed by atoms with Crippen molar-refractivity contribution in [3.05, 3.63) is 54.1 Å². The third kappa shape index (κ3) is 1.44. The Morgan fingerprint density at radius 3 is 3.00 bits per heavy atom. The Labute approximate surface area is 94.9 Å². The third-order valence-electron chi connectivity index (χ3n) is 3.45. The van der Waals surface area contributed by atoms with E-state index < -0.39 is 0 Å². The van der Waals surface area contributed by atoms with Crippen molar-refractivity contribution in [3.8, 4) is 0 Å². The summed E-state index contributed by atoms with van der Waals surface area (Å²) in [5.41, 5.74) is 9.01. The second-order valence-electron chi connectivity index (χ2n) is 4.34. The lowest BCUT2D eigenvalue weighted by Gasteiger charge is -2.31. The maximum Gasteiger partial charge on any atom is 0.0949 e. The van der Waals surface area contributed by atoms with E-state index in [0.717, 1.165) is 12.8 Å². The highest BCUT2D eigenvalue weighted by Crippen LogP contribution is 2.35. The van der Waals surface area contributed by atoms with Crippen LogP contribution >= 0.6 is 0 Å². The fourth-order valence-electron chi connectivity index (χ4n) is 2.58. The van der Waals surface area contributed by atoms with Gasteiger partial charge in [0.25, 0.3) is 0 Å². The molecular formula is C13H15N3. The highest BCUT2D eigenvalue weighted by Gasteiger charge is 2.27. The average molecular weight is 213 g/mol. The summed E-state index contributed by atoms with van der Waals surface area (Å²) >= 11 is 0. The van der Waals surface area contributed by atoms with E-state index in [9.17, 15) is 0 Å². The van der Waals surface area contributed by atoms with Crippen LogP contribution in [-0.4, -0.2) is 9.55 Å². The lowest BCUT2D eigenvalue weighted by atomic mass is 9.84. The summed E-state index contributed by atoms with van der Waals surface area (Å²) in [6, 6.07) is 8.90. The standard InChI is InChI=1S/C13H15N3/c14-13-11-4-2-1-3-10(11)5-6-12(13)16-8-7-15-9-16/h1-4,7-9,12-13H,5-6,14H2/t12-,13-/m0/s1. The molecule has 0 saturated heterocycles. The molecule has 0 spiro atoms. The minimum Gasteiger partial charge on any atom is -0.333 e. The number of nitrogens with zero attached hydrogens (tertiary/aromatic N) is 2. The van der Waals surface area contributed by atoms with Crippen molar-refractivity contribution in [1.29, 1.82) is 0 Å². The Morgan fingerprint density at radius 2 is 2.19 bits per heavy atom. The lowest BCUT2D eigenvalue weighted by molar-refractivity contribution is 0.370. The first kappa shape index (κ1) is 9.60. The van der Waals surface area contributed by atoms with Crippen molar-refractivity contribution in [2.24, 2.45) is 5.73 Å². The second-order valence-corrected chi connectivity index (χ2v) is 4.34. The minimum absolute atomic E-state index is 0.0825. The van der Waals surface area contributed by atoms with E-state index in [2.05, 4.69) is 33.8 Å². The van der Waals surface area contributed by atoms with Gasteiger partial charge < -0.3 is 10.3 Å². The fourth-order valence-corrected chi connectivity index (χ4v) is 2.58. The molecule has 0 fully saturated rings. The smallest absolute Gasteiger partial charge is 0.0949 e. The Kier molecular flexibility index (Phi) is 2.26. The molecule has 0 bridgehead atoms. The molecule has 82 valence electrons. The fraction of sp³-hybridized carbons (Fsp3) is 0.308. The largest absolute Gasteiger partial charge is 0.333 e. The van der Waals surface area contributed by atoms with E-state index in [1.165, 1.54) is 11.1 Å². The van der Waals surface area contributed by atoms with Crippen LogP contribution in [-0.2, 0) is 6.42 Å². The summed E-state index contributed by atoms with van der Waals surface area (Å²) in [6.07, 6.45) is 7.87. The topological polar surface area (TPSA) is 43.8 Å². The monoisotopic (exact) mass is 213 g/mol. The quantitative estimate of drug-likeness (QED) is 0.788. The number of benzene rings is 1. The van der Waals surface area contributed by atoms with Gasteiger partial charge in [-0.1, -0.05) is 24.3 Å². The number of imidazole rings is 1. The van der Waals surface area contributed by atoms with Crippen molar-refractivity contribution in [3.63, 3.8) is 0 Å². The Bertz CT molecular complexity index is 476. The van der Waals surface area contributed by atoms with Crippen LogP contribution in [0.4, 0.5) is 0 Å². The van der Waals surface area contributed by atoms with Crippen LogP contribution in [0.15, 0.2) is 43.0 Å². The molecule has 2 aromatic rings. The number of hydrogen-bond acceptors (Lipinski definition) is 2. The first-order valence-corrected chi connectivity index (χ1v) is 5.67. The summed E-state index contributed by atoms with van der Waals surface area (Å²) in [4.78, 5) is 4.10. The van der Waals surface area contributed by atoms with Crippen molar-refractivity contribution in [2.45, 2.75) is 24.9 Å². The molecule has 3 nitrogen and oxygen atoms in total. The van der Waals surface area contributed by atoms with Gasteiger partial charge in [-0.2, -0.15) is 0 Å². The van der Waals surface area contributed by atoms with E-state index in [1.54, 1.807) is 0 Å². The van der Waals surface area contributed by atoms with Crippen LogP contribution in [0.1, 0.15) is 29.6 Å². The second kappa shape index (κ2) is 3.76. The summed E-state index contributed by atoms with van der Waals surface area (Å²) in [7, 11) is 0. The van der Waals surface area contributed by atoms with Gasteiger partial charge in [0.05, 0.1) is 18.4 Å². The molecule has 3 rings (SSSR count). The number of fused-ring (bicyclic) bond motifs is 1. The molecule has 16 heavy (non-hydrogen) atoms. The summed E-state index contributed by atoms with van der Waals surface area (Å²) < 4.78 is 2.13. The van der Waals surface area contributed by atoms with E-state index in [0.29, 0.717) is 6.04 Å². The molecule has 1 aromatic carbocycles. The van der Waals surface area contributed by atoms with Gasteiger partial charge in [-0.15, -0.1) is 0 Å². The van der Waals surface area contributed by atoms with Crippen LogP contribution in [0.5, 0.6) is 0 Å². The first-order chi connectivity index (χ1) is 7.86. The van der Waals surface area contributed by atoms with Crippen LogP contribution in [0.2, 0.25) is 0 Å². The van der Waals surface area contributed by atoms with E-state index in [4.69, 9.17) is 5.73 Å². The van der Waals surface area contributed by atoms with Crippen LogP contribution in [0, 0.1) is 0 Å². The SMILES string of the molecule is N[C@H]1c2ccccc2CC[C@@H]1n1ccnc1. The first-order valence-electron chi connectivity index (χ1n) is 5.67. The molecule has 2 N–H and O–H groups in total. The zero-order valence-corrected chi connectivity index (χ0v) is 9.08. The molecule has 1 aromatic heterocycles. The van der Waals surface area contributed by atoms with Gasteiger partial charge >= 0.3 is 0 Å². The summed E-state index contributed by atoms with van der Waals surface area (Å²) in [6.45, 7) is 0. The number of aryl methyl sites for hydroxylation is 1. The molecule has 3 heteroatoms. The van der Waals surface area contributed by atoms with E-state index >= 15 is 0 Å². The predicted octanol–water partition coefficient (Wildman–Crippen LogP) is 2.07. The lowest BCUT2D eigenvalue weighted by Crippen LogP contribution is -2.29. The van der Waals surface area contributed by atoms with Gasteiger partial charge in [0, 0.05) is 12.4 Å². The Morgan fingerprint density at radius 1 is 1.31 bits per heavy atom. The van der Waals surface area contributed by atoms with Gasteiger partial charge in [-0.3, -0.25) is 0 Å². The molecule has 0 saturated carbocycles. The Hall–Kier alpha value is -1.61. The molecule has 1 aliphatic rings. The minimum atomic E-state index is 0.0825. The van der Waals surface area contributed by atoms with Crippen molar-refractivity contribution >= 4 is 0 Å². The van der Waals surface area contributed by atoms with E-state index in [1.807, 2.05) is 18.7 Å². The average Bonchev–Trinajstić information content (AvgIpc) is 2.83. The predicted molar refractivity (Wildman–Crippen MR) is 63.0 cm³/mol. The highest BCUT2D eigenvalue weighted by molar-refractivity contribution is 5.33. The third-order valence-corrected chi connectivity index (χ3v) is 3.45. The van der Waals surface area contributed by atoms with E-state index in [-0.39, 0.29) is 6.04 Å². The molecule has 0 amide bonds. The molecule has 0 aliphatic heterocycles. The molecule has 1 heterocycles. The number of hydrogen-bond donors (Lipinski definition) is 1. The zero-order chi connectivity index (χ0) is 11.0.